The molecule has 72 valence electrons. The van der Waals surface area contributed by atoms with E-state index in [9.17, 15) is 5.11 Å². The van der Waals surface area contributed by atoms with Gasteiger partial charge < -0.3 is 5.11 Å². The zero-order valence-corrected chi connectivity index (χ0v) is 8.11. The van der Waals surface area contributed by atoms with Crippen molar-refractivity contribution in [2.45, 2.75) is 19.3 Å². The molecule has 14 heavy (non-hydrogen) atoms. The van der Waals surface area contributed by atoms with Crippen LogP contribution in [-0.4, -0.2) is 5.11 Å². The Balaban J connectivity index is 2.04. The largest absolute Gasteiger partial charge is 0.507 e. The van der Waals surface area contributed by atoms with Gasteiger partial charge in [0.05, 0.1) is 0 Å². The van der Waals surface area contributed by atoms with Crippen LogP contribution in [0.3, 0.4) is 0 Å². The van der Waals surface area contributed by atoms with Gasteiger partial charge in [-0.1, -0.05) is 24.3 Å². The van der Waals surface area contributed by atoms with E-state index in [0.717, 1.165) is 11.5 Å². The van der Waals surface area contributed by atoms with Crippen LogP contribution in [0, 0.1) is 11.8 Å². The average molecular weight is 186 g/mol. The third kappa shape index (κ3) is 1.08. The zero-order valence-electron chi connectivity index (χ0n) is 8.11. The molecule has 2 atom stereocenters. The first kappa shape index (κ1) is 8.10. The molecule has 1 aromatic rings. The van der Waals surface area contributed by atoms with Crippen LogP contribution in [0.15, 0.2) is 30.3 Å². The first-order valence-electron chi connectivity index (χ1n) is 5.34. The lowest BCUT2D eigenvalue weighted by molar-refractivity contribution is 0.472. The first-order chi connectivity index (χ1) is 6.84. The van der Waals surface area contributed by atoms with Crippen molar-refractivity contribution in [2.24, 2.45) is 11.8 Å². The van der Waals surface area contributed by atoms with Gasteiger partial charge in [-0.15, -0.1) is 0 Å². The van der Waals surface area contributed by atoms with Gasteiger partial charge in [-0.25, -0.2) is 0 Å². The number of benzene rings is 1. The number of hydrogen-bond acceptors (Lipinski definition) is 1. The van der Waals surface area contributed by atoms with Crippen LogP contribution >= 0.6 is 0 Å². The van der Waals surface area contributed by atoms with E-state index >= 15 is 0 Å². The van der Waals surface area contributed by atoms with E-state index in [1.807, 2.05) is 18.2 Å². The second-order valence-corrected chi connectivity index (χ2v) is 4.41. The summed E-state index contributed by atoms with van der Waals surface area (Å²) in [5, 5.41) is 9.76. The van der Waals surface area contributed by atoms with E-state index in [0.29, 0.717) is 11.7 Å². The highest BCUT2D eigenvalue weighted by Crippen LogP contribution is 2.49. The minimum absolute atomic E-state index is 0.436. The molecular weight excluding hydrogens is 172 g/mol. The van der Waals surface area contributed by atoms with Crippen LogP contribution in [-0.2, 0) is 0 Å². The summed E-state index contributed by atoms with van der Waals surface area (Å²) < 4.78 is 0. The third-order valence-corrected chi connectivity index (χ3v) is 3.54. The third-order valence-electron chi connectivity index (χ3n) is 3.54. The number of rotatable bonds is 1. The summed E-state index contributed by atoms with van der Waals surface area (Å²) in [6, 6.07) is 7.69. The first-order valence-corrected chi connectivity index (χ1v) is 5.34. The summed E-state index contributed by atoms with van der Waals surface area (Å²) in [5.74, 6) is 1.94. The topological polar surface area (TPSA) is 20.2 Å². The summed E-state index contributed by atoms with van der Waals surface area (Å²) in [6.45, 7) is 0. The fourth-order valence-electron chi connectivity index (χ4n) is 2.87. The molecule has 0 aromatic heterocycles. The van der Waals surface area contributed by atoms with Gasteiger partial charge in [0.25, 0.3) is 0 Å². The highest BCUT2D eigenvalue weighted by molar-refractivity contribution is 5.74. The Kier molecular flexibility index (Phi) is 1.66. The van der Waals surface area contributed by atoms with Crippen molar-refractivity contribution in [3.05, 3.63) is 35.9 Å². The Bertz CT molecular complexity index is 392. The van der Waals surface area contributed by atoms with Gasteiger partial charge in [0.2, 0.25) is 0 Å². The van der Waals surface area contributed by atoms with Crippen molar-refractivity contribution < 1.29 is 5.11 Å². The molecule has 1 N–H and O–H groups in total. The molecule has 1 nitrogen and oxygen atoms in total. The zero-order chi connectivity index (χ0) is 9.54. The second kappa shape index (κ2) is 2.88. The maximum absolute atomic E-state index is 9.76. The number of aromatic hydroxyl groups is 1. The van der Waals surface area contributed by atoms with Gasteiger partial charge in [-0.3, -0.25) is 0 Å². The number of phenolic OH excluding ortho intramolecular Hbond substituents is 1. The van der Waals surface area contributed by atoms with Gasteiger partial charge in [0.15, 0.2) is 0 Å². The minimum atomic E-state index is 0.436. The SMILES string of the molecule is Oc1ccccc1C1=CC2CCC1C2. The Labute approximate surface area is 84.1 Å². The van der Waals surface area contributed by atoms with Crippen molar-refractivity contribution in [1.82, 2.24) is 0 Å². The van der Waals surface area contributed by atoms with E-state index in [-0.39, 0.29) is 0 Å². The molecule has 1 saturated carbocycles. The molecule has 0 heterocycles. The van der Waals surface area contributed by atoms with Gasteiger partial charge >= 0.3 is 0 Å². The summed E-state index contributed by atoms with van der Waals surface area (Å²) in [5.41, 5.74) is 2.44. The Morgan fingerprint density at radius 1 is 1.14 bits per heavy atom. The van der Waals surface area contributed by atoms with Gasteiger partial charge in [-0.2, -0.15) is 0 Å². The van der Waals surface area contributed by atoms with Crippen LogP contribution < -0.4 is 0 Å². The van der Waals surface area contributed by atoms with Crippen molar-refractivity contribution in [3.63, 3.8) is 0 Å². The molecule has 2 aliphatic rings. The van der Waals surface area contributed by atoms with Crippen LogP contribution in [0.2, 0.25) is 0 Å². The fraction of sp³-hybridized carbons (Fsp3) is 0.385. The van der Waals surface area contributed by atoms with Crippen LogP contribution in [0.4, 0.5) is 0 Å². The molecule has 0 saturated heterocycles. The lowest BCUT2D eigenvalue weighted by Crippen LogP contribution is -1.96. The Hall–Kier alpha value is -1.24. The molecule has 0 aliphatic heterocycles. The lowest BCUT2D eigenvalue weighted by atomic mass is 9.92. The molecule has 0 radical (unpaired) electrons. The molecule has 1 fully saturated rings. The number of hydrogen-bond donors (Lipinski definition) is 1. The monoisotopic (exact) mass is 186 g/mol. The molecule has 2 unspecified atom stereocenters. The van der Waals surface area contributed by atoms with E-state index in [1.165, 1.54) is 24.8 Å². The van der Waals surface area contributed by atoms with E-state index < -0.39 is 0 Å². The number of para-hydroxylation sites is 1. The lowest BCUT2D eigenvalue weighted by Gasteiger charge is -2.14. The number of fused-ring (bicyclic) bond motifs is 2. The number of phenols is 1. The molecule has 2 aliphatic carbocycles. The smallest absolute Gasteiger partial charge is 0.123 e. The summed E-state index contributed by atoms with van der Waals surface area (Å²) in [6.07, 6.45) is 6.33. The fourth-order valence-corrected chi connectivity index (χ4v) is 2.87. The van der Waals surface area contributed by atoms with E-state index in [1.54, 1.807) is 6.07 Å². The predicted octanol–water partition coefficient (Wildman–Crippen LogP) is 3.21. The average Bonchev–Trinajstić information content (AvgIpc) is 2.79. The summed E-state index contributed by atoms with van der Waals surface area (Å²) in [4.78, 5) is 0. The normalized spacial score (nSPS) is 29.3. The molecule has 2 bridgehead atoms. The quantitative estimate of drug-likeness (QED) is 0.714. The van der Waals surface area contributed by atoms with Crippen molar-refractivity contribution >= 4 is 5.57 Å². The van der Waals surface area contributed by atoms with Crippen molar-refractivity contribution in [2.75, 3.05) is 0 Å². The van der Waals surface area contributed by atoms with Crippen LogP contribution in [0.1, 0.15) is 24.8 Å². The number of allylic oxidation sites excluding steroid dienone is 2. The summed E-state index contributed by atoms with van der Waals surface area (Å²) in [7, 11) is 0. The van der Waals surface area contributed by atoms with Crippen molar-refractivity contribution in [3.8, 4) is 5.75 Å². The maximum atomic E-state index is 9.76. The molecule has 0 amide bonds. The van der Waals surface area contributed by atoms with Crippen molar-refractivity contribution in [1.29, 1.82) is 0 Å². The van der Waals surface area contributed by atoms with Gasteiger partial charge in [-0.05, 0) is 42.7 Å². The highest BCUT2D eigenvalue weighted by atomic mass is 16.3. The van der Waals surface area contributed by atoms with Gasteiger partial charge in [0, 0.05) is 5.56 Å². The van der Waals surface area contributed by atoms with E-state index in [4.69, 9.17) is 0 Å². The molecular formula is C13H14O. The van der Waals surface area contributed by atoms with Crippen LogP contribution in [0.5, 0.6) is 5.75 Å². The van der Waals surface area contributed by atoms with Crippen LogP contribution in [0.25, 0.3) is 5.57 Å². The van der Waals surface area contributed by atoms with E-state index in [2.05, 4.69) is 6.08 Å². The predicted molar refractivity (Wildman–Crippen MR) is 56.9 cm³/mol. The Morgan fingerprint density at radius 3 is 2.64 bits per heavy atom. The highest BCUT2D eigenvalue weighted by Gasteiger charge is 2.33. The second-order valence-electron chi connectivity index (χ2n) is 4.41. The molecule has 1 heteroatoms. The maximum Gasteiger partial charge on any atom is 0.123 e. The Morgan fingerprint density at radius 2 is 2.00 bits per heavy atom. The minimum Gasteiger partial charge on any atom is -0.507 e. The molecule has 3 rings (SSSR count). The molecule has 1 aromatic carbocycles. The summed E-state index contributed by atoms with van der Waals surface area (Å²) >= 11 is 0. The van der Waals surface area contributed by atoms with Gasteiger partial charge in [0.1, 0.15) is 5.75 Å². The molecule has 0 spiro atoms. The standard InChI is InChI=1S/C13H14O/c14-13-4-2-1-3-11(13)12-8-9-5-6-10(12)7-9/h1-4,8-10,14H,5-7H2.